The minimum Gasteiger partial charge on any atom is -0.461 e. The van der Waals surface area contributed by atoms with Crippen LogP contribution in [0.25, 0.3) is 22.5 Å². The summed E-state index contributed by atoms with van der Waals surface area (Å²) in [6, 6.07) is 21.9. The zero-order valence-corrected chi connectivity index (χ0v) is 18.9. The Hall–Kier alpha value is -3.86. The van der Waals surface area contributed by atoms with E-state index >= 15 is 0 Å². The van der Waals surface area contributed by atoms with Gasteiger partial charge in [0.1, 0.15) is 5.69 Å². The molecule has 0 amide bonds. The van der Waals surface area contributed by atoms with Crippen LogP contribution < -0.4 is 5.56 Å². The molecule has 0 radical (unpaired) electrons. The SMILES string of the molecule is CCOC(=O)c1cc2c(n1Cc1ccc(C)cc1)-c1[nH]c(=O)c(-c3ccccc3)cc1CC2. The first-order valence-corrected chi connectivity index (χ1v) is 11.3. The number of hydrogen-bond acceptors (Lipinski definition) is 3. The highest BCUT2D eigenvalue weighted by Crippen LogP contribution is 2.36. The van der Waals surface area contributed by atoms with Gasteiger partial charge in [0.2, 0.25) is 0 Å². The second kappa shape index (κ2) is 8.58. The van der Waals surface area contributed by atoms with Gasteiger partial charge in [-0.3, -0.25) is 4.79 Å². The highest BCUT2D eigenvalue weighted by Gasteiger charge is 2.28. The van der Waals surface area contributed by atoms with Crippen molar-refractivity contribution < 1.29 is 9.53 Å². The molecule has 2 aromatic carbocycles. The van der Waals surface area contributed by atoms with Crippen LogP contribution in [0.15, 0.2) is 71.5 Å². The van der Waals surface area contributed by atoms with Crippen molar-refractivity contribution in [2.24, 2.45) is 0 Å². The molecule has 0 unspecified atom stereocenters. The molecule has 0 aliphatic heterocycles. The number of esters is 1. The van der Waals surface area contributed by atoms with Gasteiger partial charge in [0.05, 0.1) is 18.0 Å². The van der Waals surface area contributed by atoms with Crippen LogP contribution in [0.5, 0.6) is 0 Å². The van der Waals surface area contributed by atoms with Crippen LogP contribution in [0.4, 0.5) is 0 Å². The summed E-state index contributed by atoms with van der Waals surface area (Å²) < 4.78 is 7.35. The Kier molecular flexibility index (Phi) is 5.47. The first-order valence-electron chi connectivity index (χ1n) is 11.3. The lowest BCUT2D eigenvalue weighted by Crippen LogP contribution is -2.19. The zero-order valence-electron chi connectivity index (χ0n) is 18.9. The molecule has 5 rings (SSSR count). The van der Waals surface area contributed by atoms with Crippen molar-refractivity contribution >= 4 is 5.97 Å². The van der Waals surface area contributed by atoms with Crippen molar-refractivity contribution in [2.45, 2.75) is 33.2 Å². The molecule has 0 fully saturated rings. The number of nitrogens with zero attached hydrogens (tertiary/aromatic N) is 1. The van der Waals surface area contributed by atoms with Crippen LogP contribution in [0, 0.1) is 6.92 Å². The summed E-state index contributed by atoms with van der Waals surface area (Å²) in [5, 5.41) is 0. The number of H-pyrrole nitrogens is 1. The second-order valence-electron chi connectivity index (χ2n) is 8.47. The van der Waals surface area contributed by atoms with Gasteiger partial charge >= 0.3 is 5.97 Å². The van der Waals surface area contributed by atoms with Gasteiger partial charge in [-0.25, -0.2) is 4.79 Å². The summed E-state index contributed by atoms with van der Waals surface area (Å²) in [5.41, 5.74) is 8.05. The number of fused-ring (bicyclic) bond motifs is 3. The Morgan fingerprint density at radius 1 is 1.00 bits per heavy atom. The van der Waals surface area contributed by atoms with Gasteiger partial charge < -0.3 is 14.3 Å². The van der Waals surface area contributed by atoms with E-state index in [1.165, 1.54) is 5.56 Å². The number of carbonyl (C=O) groups excluding carboxylic acids is 1. The van der Waals surface area contributed by atoms with Crippen LogP contribution in [0.3, 0.4) is 0 Å². The van der Waals surface area contributed by atoms with E-state index in [4.69, 9.17) is 4.74 Å². The Morgan fingerprint density at radius 3 is 2.45 bits per heavy atom. The Bertz CT molecular complexity index is 1380. The Labute approximate surface area is 192 Å². The fraction of sp³-hybridized carbons (Fsp3) is 0.214. The first-order chi connectivity index (χ1) is 16.0. The summed E-state index contributed by atoms with van der Waals surface area (Å²) in [4.78, 5) is 29.1. The van der Waals surface area contributed by atoms with Gasteiger partial charge in [-0.1, -0.05) is 60.2 Å². The van der Waals surface area contributed by atoms with Crippen LogP contribution in [0.1, 0.15) is 39.7 Å². The van der Waals surface area contributed by atoms with E-state index < -0.39 is 0 Å². The van der Waals surface area contributed by atoms with Crippen LogP contribution in [0.2, 0.25) is 0 Å². The smallest absolute Gasteiger partial charge is 0.354 e. The maximum Gasteiger partial charge on any atom is 0.354 e. The quantitative estimate of drug-likeness (QED) is 0.439. The number of rotatable bonds is 5. The molecule has 0 saturated carbocycles. The number of nitrogens with one attached hydrogen (secondary N) is 1. The molecule has 4 aromatic rings. The van der Waals surface area contributed by atoms with Crippen molar-refractivity contribution in [3.8, 4) is 22.5 Å². The van der Waals surface area contributed by atoms with Gasteiger partial charge in [-0.05, 0) is 61.1 Å². The Balaban J connectivity index is 1.67. The third-order valence-corrected chi connectivity index (χ3v) is 6.23. The van der Waals surface area contributed by atoms with Gasteiger partial charge in [-0.15, -0.1) is 0 Å². The number of ether oxygens (including phenoxy) is 1. The normalized spacial score (nSPS) is 12.2. The summed E-state index contributed by atoms with van der Waals surface area (Å²) in [7, 11) is 0. The average Bonchev–Trinajstić information content (AvgIpc) is 3.20. The van der Waals surface area contributed by atoms with Crippen molar-refractivity contribution in [1.82, 2.24) is 9.55 Å². The predicted octanol–water partition coefficient (Wildman–Crippen LogP) is 5.14. The fourth-order valence-corrected chi connectivity index (χ4v) is 4.59. The number of aromatic nitrogens is 2. The van der Waals surface area contributed by atoms with Crippen molar-refractivity contribution in [3.05, 3.63) is 105 Å². The zero-order chi connectivity index (χ0) is 22.9. The number of aryl methyl sites for hydroxylation is 3. The predicted molar refractivity (Wildman–Crippen MR) is 130 cm³/mol. The molecule has 5 nitrogen and oxygen atoms in total. The molecule has 0 bridgehead atoms. The highest BCUT2D eigenvalue weighted by atomic mass is 16.5. The molecule has 5 heteroatoms. The number of benzene rings is 2. The van der Waals surface area contributed by atoms with Gasteiger partial charge in [0, 0.05) is 12.1 Å². The Morgan fingerprint density at radius 2 is 1.73 bits per heavy atom. The van der Waals surface area contributed by atoms with E-state index in [0.717, 1.165) is 46.5 Å². The summed E-state index contributed by atoms with van der Waals surface area (Å²) >= 11 is 0. The van der Waals surface area contributed by atoms with Crippen LogP contribution in [-0.2, 0) is 24.1 Å². The first kappa shape index (κ1) is 21.0. The van der Waals surface area contributed by atoms with E-state index in [1.807, 2.05) is 54.0 Å². The number of carbonyl (C=O) groups is 1. The van der Waals surface area contributed by atoms with E-state index in [1.54, 1.807) is 0 Å². The molecule has 1 N–H and O–H groups in total. The van der Waals surface area contributed by atoms with Crippen molar-refractivity contribution in [1.29, 1.82) is 0 Å². The van der Waals surface area contributed by atoms with Crippen LogP contribution >= 0.6 is 0 Å². The average molecular weight is 439 g/mol. The molecule has 0 atom stereocenters. The molecule has 166 valence electrons. The standard InChI is InChI=1S/C28H26N2O3/c1-3-33-28(32)24-16-22-14-13-21-15-23(20-7-5-4-6-8-20)27(31)29-25(21)26(22)30(24)17-19-11-9-18(2)10-12-19/h4-12,15-16H,3,13-14,17H2,1-2H3,(H,29,31). The molecule has 0 saturated heterocycles. The van der Waals surface area contributed by atoms with Crippen molar-refractivity contribution in [2.75, 3.05) is 6.61 Å². The molecule has 1 aliphatic carbocycles. The molecule has 0 spiro atoms. The minimum atomic E-state index is -0.344. The summed E-state index contributed by atoms with van der Waals surface area (Å²) in [6.45, 7) is 4.69. The molecular weight excluding hydrogens is 412 g/mol. The topological polar surface area (TPSA) is 64.1 Å². The van der Waals surface area contributed by atoms with E-state index in [0.29, 0.717) is 24.4 Å². The van der Waals surface area contributed by atoms with Crippen LogP contribution in [-0.4, -0.2) is 22.1 Å². The van der Waals surface area contributed by atoms with Gasteiger partial charge in [-0.2, -0.15) is 0 Å². The molecular formula is C28H26N2O3. The third kappa shape index (κ3) is 3.91. The largest absolute Gasteiger partial charge is 0.461 e. The lowest BCUT2D eigenvalue weighted by molar-refractivity contribution is 0.0514. The van der Waals surface area contributed by atoms with E-state index in [2.05, 4.69) is 36.2 Å². The fourth-order valence-electron chi connectivity index (χ4n) is 4.59. The maximum atomic E-state index is 13.1. The third-order valence-electron chi connectivity index (χ3n) is 6.23. The van der Waals surface area contributed by atoms with Gasteiger partial charge in [0.15, 0.2) is 0 Å². The second-order valence-corrected chi connectivity index (χ2v) is 8.47. The lowest BCUT2D eigenvalue weighted by atomic mass is 9.92. The number of hydrogen-bond donors (Lipinski definition) is 1. The van der Waals surface area contributed by atoms with E-state index in [-0.39, 0.29) is 11.5 Å². The molecule has 2 heterocycles. The summed E-state index contributed by atoms with van der Waals surface area (Å²) in [5.74, 6) is -0.344. The number of aromatic amines is 1. The lowest BCUT2D eigenvalue weighted by Gasteiger charge is -2.21. The molecule has 2 aromatic heterocycles. The summed E-state index contributed by atoms with van der Waals surface area (Å²) in [6.07, 6.45) is 1.60. The van der Waals surface area contributed by atoms with E-state index in [9.17, 15) is 9.59 Å². The van der Waals surface area contributed by atoms with Gasteiger partial charge in [0.25, 0.3) is 5.56 Å². The van der Waals surface area contributed by atoms with Crippen molar-refractivity contribution in [3.63, 3.8) is 0 Å². The maximum absolute atomic E-state index is 13.1. The number of pyridine rings is 1. The monoisotopic (exact) mass is 438 g/mol. The minimum absolute atomic E-state index is 0.131. The molecule has 1 aliphatic rings. The molecule has 33 heavy (non-hydrogen) atoms. The highest BCUT2D eigenvalue weighted by molar-refractivity contribution is 5.90.